The zero-order valence-electron chi connectivity index (χ0n) is 15.0. The number of aromatic nitrogens is 2. The lowest BCUT2D eigenvalue weighted by atomic mass is 10.2. The molecule has 1 amide bonds. The summed E-state index contributed by atoms with van der Waals surface area (Å²) >= 11 is 4.33. The molecule has 0 atom stereocenters. The van der Waals surface area contributed by atoms with Crippen molar-refractivity contribution in [2.45, 2.75) is 25.2 Å². The maximum Gasteiger partial charge on any atom is 0.263 e. The average molecular weight is 432 g/mol. The minimum absolute atomic E-state index is 0.0596. The Balaban J connectivity index is 1.56. The van der Waals surface area contributed by atoms with Crippen molar-refractivity contribution in [1.29, 1.82) is 0 Å². The first-order chi connectivity index (χ1) is 13.7. The van der Waals surface area contributed by atoms with Crippen LogP contribution >= 0.6 is 34.4 Å². The molecule has 1 N–H and O–H groups in total. The van der Waals surface area contributed by atoms with E-state index < -0.39 is 0 Å². The van der Waals surface area contributed by atoms with Gasteiger partial charge in [-0.25, -0.2) is 4.98 Å². The summed E-state index contributed by atoms with van der Waals surface area (Å²) in [5.74, 6) is 0.744. The molecule has 0 saturated carbocycles. The number of thiophene rings is 2. The number of amides is 1. The number of hydrogen-bond donors (Lipinski definition) is 1. The van der Waals surface area contributed by atoms with Gasteiger partial charge in [-0.3, -0.25) is 14.2 Å². The van der Waals surface area contributed by atoms with Crippen LogP contribution < -0.4 is 10.9 Å². The predicted octanol–water partition coefficient (Wildman–Crippen LogP) is 4.21. The monoisotopic (exact) mass is 431 g/mol. The lowest BCUT2D eigenvalue weighted by molar-refractivity contribution is -0.118. The Morgan fingerprint density at radius 1 is 1.32 bits per heavy atom. The Morgan fingerprint density at radius 2 is 2.21 bits per heavy atom. The fraction of sp³-hybridized carbons (Fsp3) is 0.211. The molecule has 0 radical (unpaired) electrons. The van der Waals surface area contributed by atoms with E-state index in [0.29, 0.717) is 34.2 Å². The standard InChI is InChI=1S/C19H17N3O3S3/c1-2-22-18(24)16-13(14-6-4-8-26-14)10-27-17(16)21-19(22)28-11-15(23)20-9-12-5-3-7-25-12/h3-8,10H,2,9,11H2,1H3,(H,20,23). The number of furan rings is 1. The van der Waals surface area contributed by atoms with Crippen LogP contribution in [0.25, 0.3) is 20.7 Å². The van der Waals surface area contributed by atoms with Crippen molar-refractivity contribution in [3.05, 3.63) is 57.4 Å². The first kappa shape index (κ1) is 19.0. The zero-order chi connectivity index (χ0) is 19.5. The van der Waals surface area contributed by atoms with Crippen molar-refractivity contribution in [2.24, 2.45) is 0 Å². The Kier molecular flexibility index (Phi) is 5.65. The third-order valence-corrected chi connectivity index (χ3v) is 6.89. The number of fused-ring (bicyclic) bond motifs is 1. The number of nitrogens with zero attached hydrogens (tertiary/aromatic N) is 2. The van der Waals surface area contributed by atoms with Gasteiger partial charge in [0.25, 0.3) is 5.56 Å². The van der Waals surface area contributed by atoms with Gasteiger partial charge < -0.3 is 9.73 Å². The number of carbonyl (C=O) groups is 1. The first-order valence-corrected chi connectivity index (χ1v) is 11.4. The molecule has 0 aliphatic rings. The van der Waals surface area contributed by atoms with Crippen LogP contribution in [0.2, 0.25) is 0 Å². The molecule has 0 fully saturated rings. The number of nitrogens with one attached hydrogen (secondary N) is 1. The lowest BCUT2D eigenvalue weighted by Gasteiger charge is -2.10. The highest BCUT2D eigenvalue weighted by molar-refractivity contribution is 7.99. The Bertz CT molecular complexity index is 1140. The number of rotatable bonds is 7. The predicted molar refractivity (Wildman–Crippen MR) is 114 cm³/mol. The Labute approximate surface area is 173 Å². The van der Waals surface area contributed by atoms with E-state index in [0.717, 1.165) is 10.4 Å². The minimum Gasteiger partial charge on any atom is -0.467 e. The summed E-state index contributed by atoms with van der Waals surface area (Å²) in [6.07, 6.45) is 1.57. The molecule has 144 valence electrons. The summed E-state index contributed by atoms with van der Waals surface area (Å²) in [5, 5.41) is 8.00. The Hall–Kier alpha value is -2.36. The topological polar surface area (TPSA) is 77.1 Å². The summed E-state index contributed by atoms with van der Waals surface area (Å²) in [6.45, 7) is 2.75. The summed E-state index contributed by atoms with van der Waals surface area (Å²) in [6, 6.07) is 7.56. The molecule has 0 aliphatic heterocycles. The highest BCUT2D eigenvalue weighted by Crippen LogP contribution is 2.34. The van der Waals surface area contributed by atoms with E-state index >= 15 is 0 Å². The highest BCUT2D eigenvalue weighted by Gasteiger charge is 2.18. The van der Waals surface area contributed by atoms with Gasteiger partial charge in [0.05, 0.1) is 23.9 Å². The average Bonchev–Trinajstić information content (AvgIpc) is 3.45. The van der Waals surface area contributed by atoms with Gasteiger partial charge >= 0.3 is 0 Å². The van der Waals surface area contributed by atoms with E-state index in [4.69, 9.17) is 4.42 Å². The molecule has 6 nitrogen and oxygen atoms in total. The maximum absolute atomic E-state index is 13.1. The second-order valence-electron chi connectivity index (χ2n) is 5.90. The van der Waals surface area contributed by atoms with Gasteiger partial charge in [-0.05, 0) is 30.5 Å². The summed E-state index contributed by atoms with van der Waals surface area (Å²) in [5.41, 5.74) is 0.873. The van der Waals surface area contributed by atoms with Crippen LogP contribution in [0.1, 0.15) is 12.7 Å². The van der Waals surface area contributed by atoms with Crippen LogP contribution in [-0.2, 0) is 17.9 Å². The van der Waals surface area contributed by atoms with Crippen molar-refractivity contribution in [1.82, 2.24) is 14.9 Å². The summed E-state index contributed by atoms with van der Waals surface area (Å²) in [7, 11) is 0. The molecule has 0 spiro atoms. The molecular weight excluding hydrogens is 414 g/mol. The largest absolute Gasteiger partial charge is 0.467 e. The fourth-order valence-corrected chi connectivity index (χ4v) is 5.48. The maximum atomic E-state index is 13.1. The third kappa shape index (κ3) is 3.78. The number of carbonyl (C=O) groups excluding carboxylic acids is 1. The minimum atomic E-state index is -0.135. The highest BCUT2D eigenvalue weighted by atomic mass is 32.2. The molecule has 4 heterocycles. The van der Waals surface area contributed by atoms with Gasteiger partial charge in [-0.1, -0.05) is 17.8 Å². The molecule has 4 aromatic heterocycles. The second kappa shape index (κ2) is 8.34. The van der Waals surface area contributed by atoms with Crippen molar-refractivity contribution < 1.29 is 9.21 Å². The van der Waals surface area contributed by atoms with E-state index in [1.807, 2.05) is 29.8 Å². The molecule has 9 heteroatoms. The fourth-order valence-electron chi connectivity index (χ4n) is 2.79. The van der Waals surface area contributed by atoms with Gasteiger partial charge in [0.2, 0.25) is 5.91 Å². The van der Waals surface area contributed by atoms with E-state index in [9.17, 15) is 9.59 Å². The van der Waals surface area contributed by atoms with E-state index in [-0.39, 0.29) is 17.2 Å². The summed E-state index contributed by atoms with van der Waals surface area (Å²) < 4.78 is 6.84. The summed E-state index contributed by atoms with van der Waals surface area (Å²) in [4.78, 5) is 31.7. The number of hydrogen-bond acceptors (Lipinski definition) is 7. The Morgan fingerprint density at radius 3 is 2.93 bits per heavy atom. The smallest absolute Gasteiger partial charge is 0.263 e. The van der Waals surface area contributed by atoms with Gasteiger partial charge in [0, 0.05) is 22.4 Å². The number of thioether (sulfide) groups is 1. The van der Waals surface area contributed by atoms with Crippen LogP contribution in [-0.4, -0.2) is 21.2 Å². The van der Waals surface area contributed by atoms with Crippen molar-refractivity contribution in [3.63, 3.8) is 0 Å². The molecule has 0 aromatic carbocycles. The van der Waals surface area contributed by atoms with Crippen LogP contribution in [0, 0.1) is 0 Å². The van der Waals surface area contributed by atoms with Gasteiger partial charge in [-0.2, -0.15) is 0 Å². The molecule has 0 aliphatic carbocycles. The molecule has 0 saturated heterocycles. The van der Waals surface area contributed by atoms with Gasteiger partial charge in [0.15, 0.2) is 5.16 Å². The van der Waals surface area contributed by atoms with Crippen LogP contribution in [0.4, 0.5) is 0 Å². The molecule has 0 unspecified atom stereocenters. The molecule has 28 heavy (non-hydrogen) atoms. The van der Waals surface area contributed by atoms with Crippen molar-refractivity contribution >= 4 is 50.6 Å². The van der Waals surface area contributed by atoms with Gasteiger partial charge in [-0.15, -0.1) is 22.7 Å². The van der Waals surface area contributed by atoms with Crippen molar-refractivity contribution in [2.75, 3.05) is 5.75 Å². The normalized spacial score (nSPS) is 11.2. The lowest BCUT2D eigenvalue weighted by Crippen LogP contribution is -2.26. The SMILES string of the molecule is CCn1c(SCC(=O)NCc2ccco2)nc2scc(-c3cccs3)c2c1=O. The molecule has 0 bridgehead atoms. The van der Waals surface area contributed by atoms with Crippen molar-refractivity contribution in [3.8, 4) is 10.4 Å². The molecule has 4 rings (SSSR count). The molecular formula is C19H17N3O3S3. The van der Waals surface area contributed by atoms with E-state index in [1.165, 1.54) is 23.1 Å². The van der Waals surface area contributed by atoms with E-state index in [2.05, 4.69) is 10.3 Å². The zero-order valence-corrected chi connectivity index (χ0v) is 17.5. The first-order valence-electron chi connectivity index (χ1n) is 8.65. The molecule has 4 aromatic rings. The third-order valence-electron chi connectivity index (χ3n) is 4.13. The van der Waals surface area contributed by atoms with E-state index in [1.54, 1.807) is 34.3 Å². The second-order valence-corrected chi connectivity index (χ2v) is 8.64. The van der Waals surface area contributed by atoms with Crippen LogP contribution in [0.15, 0.2) is 55.7 Å². The van der Waals surface area contributed by atoms with Crippen LogP contribution in [0.5, 0.6) is 0 Å². The quantitative estimate of drug-likeness (QED) is 0.350. The van der Waals surface area contributed by atoms with Crippen LogP contribution in [0.3, 0.4) is 0 Å². The van der Waals surface area contributed by atoms with Gasteiger partial charge in [0.1, 0.15) is 10.6 Å².